The van der Waals surface area contributed by atoms with Crippen LogP contribution in [0.1, 0.15) is 30.0 Å². The van der Waals surface area contributed by atoms with E-state index in [1.807, 2.05) is 19.9 Å². The summed E-state index contributed by atoms with van der Waals surface area (Å²) in [6.07, 6.45) is 1.14. The summed E-state index contributed by atoms with van der Waals surface area (Å²) in [5, 5.41) is 0. The van der Waals surface area contributed by atoms with Gasteiger partial charge in [-0.15, -0.1) is 0 Å². The number of aryl methyl sites for hydroxylation is 2. The molecule has 0 aliphatic carbocycles. The van der Waals surface area contributed by atoms with Gasteiger partial charge in [-0.1, -0.05) is 0 Å². The molecule has 0 aliphatic heterocycles. The first-order chi connectivity index (χ1) is 6.29. The number of nitrogens with one attached hydrogen (secondary N) is 1. The van der Waals surface area contributed by atoms with E-state index in [1.54, 1.807) is 6.92 Å². The van der Waals surface area contributed by atoms with Crippen molar-refractivity contribution in [3.05, 3.63) is 23.2 Å². The smallest absolute Gasteiger partial charge is 0.209 e. The Balaban J connectivity index is 2.90. The molecular formula is C9H15NO3S. The molecular weight excluding hydrogens is 202 g/mol. The Morgan fingerprint density at radius 2 is 2.00 bits per heavy atom. The van der Waals surface area contributed by atoms with E-state index in [2.05, 4.69) is 4.72 Å². The van der Waals surface area contributed by atoms with Gasteiger partial charge in [-0.3, -0.25) is 0 Å². The lowest BCUT2D eigenvalue weighted by Crippen LogP contribution is -2.25. The SMILES string of the molecule is Cc1cc([C@H](C)NS(C)(=O)=O)c(C)o1. The summed E-state index contributed by atoms with van der Waals surface area (Å²) in [4.78, 5) is 0. The quantitative estimate of drug-likeness (QED) is 0.834. The standard InChI is InChI=1S/C9H15NO3S/c1-6-5-9(8(3)13-6)7(2)10-14(4,11)12/h5,7,10H,1-4H3/t7-/m0/s1. The van der Waals surface area contributed by atoms with Crippen LogP contribution < -0.4 is 4.72 Å². The highest BCUT2D eigenvalue weighted by atomic mass is 32.2. The predicted molar refractivity (Wildman–Crippen MR) is 54.6 cm³/mol. The maximum absolute atomic E-state index is 11.0. The molecule has 1 heterocycles. The van der Waals surface area contributed by atoms with Gasteiger partial charge in [0.1, 0.15) is 11.5 Å². The summed E-state index contributed by atoms with van der Waals surface area (Å²) < 4.78 is 29.8. The Morgan fingerprint density at radius 3 is 2.36 bits per heavy atom. The zero-order chi connectivity index (χ0) is 10.9. The summed E-state index contributed by atoms with van der Waals surface area (Å²) in [5.74, 6) is 1.55. The van der Waals surface area contributed by atoms with E-state index < -0.39 is 10.0 Å². The van der Waals surface area contributed by atoms with Crippen molar-refractivity contribution in [3.8, 4) is 0 Å². The maximum atomic E-state index is 11.0. The van der Waals surface area contributed by atoms with Gasteiger partial charge in [0, 0.05) is 11.6 Å². The highest BCUT2D eigenvalue weighted by molar-refractivity contribution is 7.88. The van der Waals surface area contributed by atoms with Crippen molar-refractivity contribution < 1.29 is 12.8 Å². The molecule has 0 bridgehead atoms. The molecule has 0 saturated heterocycles. The molecule has 0 amide bonds. The van der Waals surface area contributed by atoms with Crippen molar-refractivity contribution in [1.29, 1.82) is 0 Å². The van der Waals surface area contributed by atoms with Crippen LogP contribution in [0.5, 0.6) is 0 Å². The van der Waals surface area contributed by atoms with Gasteiger partial charge in [-0.2, -0.15) is 0 Å². The number of rotatable bonds is 3. The average molecular weight is 217 g/mol. The Bertz CT molecular complexity index is 419. The Kier molecular flexibility index (Phi) is 3.01. The summed E-state index contributed by atoms with van der Waals surface area (Å²) in [6.45, 7) is 5.45. The molecule has 0 unspecified atom stereocenters. The Labute approximate surface area is 84.4 Å². The zero-order valence-corrected chi connectivity index (χ0v) is 9.60. The fourth-order valence-electron chi connectivity index (χ4n) is 1.46. The van der Waals surface area contributed by atoms with E-state index in [4.69, 9.17) is 4.42 Å². The second-order valence-corrected chi connectivity index (χ2v) is 5.26. The number of furan rings is 1. The van der Waals surface area contributed by atoms with Gasteiger partial charge in [0.05, 0.1) is 6.26 Å². The summed E-state index contributed by atoms with van der Waals surface area (Å²) >= 11 is 0. The van der Waals surface area contributed by atoms with Gasteiger partial charge in [0.25, 0.3) is 0 Å². The average Bonchev–Trinajstić information content (AvgIpc) is 2.26. The predicted octanol–water partition coefficient (Wildman–Crippen LogP) is 1.51. The van der Waals surface area contributed by atoms with Crippen LogP contribution in [0.4, 0.5) is 0 Å². The normalized spacial score (nSPS) is 14.3. The first kappa shape index (κ1) is 11.3. The molecule has 80 valence electrons. The molecule has 0 aliphatic rings. The van der Waals surface area contributed by atoms with Crippen LogP contribution >= 0.6 is 0 Å². The van der Waals surface area contributed by atoms with E-state index in [1.165, 1.54) is 0 Å². The van der Waals surface area contributed by atoms with Crippen molar-refractivity contribution in [3.63, 3.8) is 0 Å². The maximum Gasteiger partial charge on any atom is 0.209 e. The summed E-state index contributed by atoms with van der Waals surface area (Å²) in [5.41, 5.74) is 0.882. The van der Waals surface area contributed by atoms with Gasteiger partial charge >= 0.3 is 0 Å². The molecule has 0 aromatic carbocycles. The molecule has 0 spiro atoms. The van der Waals surface area contributed by atoms with E-state index in [-0.39, 0.29) is 6.04 Å². The second-order valence-electron chi connectivity index (χ2n) is 3.48. The van der Waals surface area contributed by atoms with E-state index >= 15 is 0 Å². The van der Waals surface area contributed by atoms with Crippen LogP contribution in [0.15, 0.2) is 10.5 Å². The van der Waals surface area contributed by atoms with E-state index in [9.17, 15) is 8.42 Å². The van der Waals surface area contributed by atoms with Crippen molar-refractivity contribution in [2.75, 3.05) is 6.26 Å². The number of hydrogen-bond acceptors (Lipinski definition) is 3. The van der Waals surface area contributed by atoms with E-state index in [0.29, 0.717) is 0 Å². The molecule has 1 aromatic heterocycles. The lowest BCUT2D eigenvalue weighted by atomic mass is 10.1. The fraction of sp³-hybridized carbons (Fsp3) is 0.556. The molecule has 14 heavy (non-hydrogen) atoms. The topological polar surface area (TPSA) is 59.3 Å². The second kappa shape index (κ2) is 3.74. The fourth-order valence-corrected chi connectivity index (χ4v) is 2.23. The molecule has 0 radical (unpaired) electrons. The van der Waals surface area contributed by atoms with Crippen molar-refractivity contribution >= 4 is 10.0 Å². The van der Waals surface area contributed by atoms with Crippen LogP contribution in [-0.2, 0) is 10.0 Å². The van der Waals surface area contributed by atoms with Crippen LogP contribution in [0, 0.1) is 13.8 Å². The largest absolute Gasteiger partial charge is 0.466 e. The molecule has 1 atom stereocenters. The first-order valence-electron chi connectivity index (χ1n) is 4.34. The minimum absolute atomic E-state index is 0.248. The molecule has 1 aromatic rings. The van der Waals surface area contributed by atoms with Crippen molar-refractivity contribution in [1.82, 2.24) is 4.72 Å². The third kappa shape index (κ3) is 2.85. The van der Waals surface area contributed by atoms with Gasteiger partial charge in [-0.25, -0.2) is 13.1 Å². The molecule has 1 N–H and O–H groups in total. The zero-order valence-electron chi connectivity index (χ0n) is 8.79. The van der Waals surface area contributed by atoms with Gasteiger partial charge in [-0.05, 0) is 26.8 Å². The van der Waals surface area contributed by atoms with Crippen LogP contribution in [0.3, 0.4) is 0 Å². The number of hydrogen-bond donors (Lipinski definition) is 1. The molecule has 0 saturated carbocycles. The highest BCUT2D eigenvalue weighted by Gasteiger charge is 2.15. The van der Waals surface area contributed by atoms with Crippen molar-refractivity contribution in [2.24, 2.45) is 0 Å². The minimum atomic E-state index is -3.17. The minimum Gasteiger partial charge on any atom is -0.466 e. The van der Waals surface area contributed by atoms with E-state index in [0.717, 1.165) is 23.3 Å². The molecule has 1 rings (SSSR count). The Hall–Kier alpha value is -0.810. The summed E-state index contributed by atoms with van der Waals surface area (Å²) in [7, 11) is -3.17. The lowest BCUT2D eigenvalue weighted by Gasteiger charge is -2.10. The number of sulfonamides is 1. The third-order valence-corrected chi connectivity index (χ3v) is 2.72. The highest BCUT2D eigenvalue weighted by Crippen LogP contribution is 2.21. The third-order valence-electron chi connectivity index (χ3n) is 1.94. The molecule has 0 fully saturated rings. The first-order valence-corrected chi connectivity index (χ1v) is 6.23. The van der Waals surface area contributed by atoms with Crippen LogP contribution in [-0.4, -0.2) is 14.7 Å². The van der Waals surface area contributed by atoms with Gasteiger partial charge in [0.15, 0.2) is 0 Å². The molecule has 5 heteroatoms. The molecule has 4 nitrogen and oxygen atoms in total. The van der Waals surface area contributed by atoms with Crippen LogP contribution in [0.2, 0.25) is 0 Å². The van der Waals surface area contributed by atoms with Crippen LogP contribution in [0.25, 0.3) is 0 Å². The lowest BCUT2D eigenvalue weighted by molar-refractivity contribution is 0.496. The Morgan fingerprint density at radius 1 is 1.43 bits per heavy atom. The van der Waals surface area contributed by atoms with Crippen molar-refractivity contribution in [2.45, 2.75) is 26.8 Å². The summed E-state index contributed by atoms with van der Waals surface area (Å²) in [6, 6.07) is 1.60. The van der Waals surface area contributed by atoms with Gasteiger partial charge in [0.2, 0.25) is 10.0 Å². The monoisotopic (exact) mass is 217 g/mol. The van der Waals surface area contributed by atoms with Gasteiger partial charge < -0.3 is 4.42 Å².